The molecule has 3 heteroatoms. The number of fused-ring (bicyclic) bond motifs is 1. The Kier molecular flexibility index (Phi) is 6.77. The quantitative estimate of drug-likeness (QED) is 0.679. The van der Waals surface area contributed by atoms with Crippen molar-refractivity contribution < 1.29 is 5.32 Å². The van der Waals surface area contributed by atoms with Crippen LogP contribution in [0.2, 0.25) is 0 Å². The molecule has 0 bridgehead atoms. The van der Waals surface area contributed by atoms with Gasteiger partial charge in [0.15, 0.2) is 0 Å². The maximum Gasteiger partial charge on any atom is 0.234 e. The predicted octanol–water partition coefficient (Wildman–Crippen LogP) is 3.92. The van der Waals surface area contributed by atoms with Gasteiger partial charge in [-0.2, -0.15) is 0 Å². The number of aliphatic imine (C=N–C) groups is 1. The lowest BCUT2D eigenvalue weighted by Crippen LogP contribution is -2.85. The van der Waals surface area contributed by atoms with Gasteiger partial charge in [-0.25, -0.2) is 4.99 Å². The molecule has 0 aromatic carbocycles. The Hall–Kier alpha value is -2.13. The fourth-order valence-corrected chi connectivity index (χ4v) is 3.06. The summed E-state index contributed by atoms with van der Waals surface area (Å²) in [4.78, 5) is 4.97. The molecule has 134 valence electrons. The van der Waals surface area contributed by atoms with Crippen LogP contribution < -0.4 is 10.6 Å². The van der Waals surface area contributed by atoms with Crippen LogP contribution >= 0.6 is 0 Å². The summed E-state index contributed by atoms with van der Waals surface area (Å²) in [7, 11) is 0. The second-order valence-electron chi connectivity index (χ2n) is 6.96. The molecule has 0 radical (unpaired) electrons. The average molecular weight is 339 g/mol. The van der Waals surface area contributed by atoms with E-state index in [1.807, 2.05) is 13.0 Å². The van der Waals surface area contributed by atoms with Gasteiger partial charge >= 0.3 is 0 Å². The normalized spacial score (nSPS) is 21.7. The van der Waals surface area contributed by atoms with Crippen molar-refractivity contribution in [1.29, 1.82) is 0 Å². The Bertz CT molecular complexity index is 682. The standard InChI is InChI=1S/C22H31N3/c1-6-9-12-16-22(4,5)25-18(8-3)17(13-7-2)21-23-19-14-10-11-15-20(19)24-21/h6,8-14,16,20,25H,7,15H2,1-5H3,(H,23,24)/p+1/b9-6-,16-12-,17-13+,18-8+. The summed E-state index contributed by atoms with van der Waals surface area (Å²) in [5.41, 5.74) is 3.52. The summed E-state index contributed by atoms with van der Waals surface area (Å²) in [6.45, 7) is 10.7. The van der Waals surface area contributed by atoms with E-state index in [4.69, 9.17) is 4.99 Å². The average Bonchev–Trinajstić information content (AvgIpc) is 3.01. The van der Waals surface area contributed by atoms with Crippen molar-refractivity contribution in [2.75, 3.05) is 0 Å². The van der Waals surface area contributed by atoms with Gasteiger partial charge in [-0.3, -0.25) is 5.32 Å². The Labute approximate surface area is 152 Å². The number of nitrogens with one attached hydrogen (secondary N) is 1. The molecule has 1 atom stereocenters. The Balaban J connectivity index is 2.22. The van der Waals surface area contributed by atoms with Gasteiger partial charge in [0.05, 0.1) is 11.1 Å². The highest BCUT2D eigenvalue weighted by molar-refractivity contribution is 5.96. The van der Waals surface area contributed by atoms with E-state index in [9.17, 15) is 0 Å². The van der Waals surface area contributed by atoms with Crippen LogP contribution in [0.5, 0.6) is 0 Å². The molecule has 0 aromatic rings. The van der Waals surface area contributed by atoms with Crippen LogP contribution in [0.4, 0.5) is 0 Å². The number of hydrogen-bond donors (Lipinski definition) is 2. The zero-order chi connectivity index (χ0) is 18.3. The van der Waals surface area contributed by atoms with E-state index < -0.39 is 0 Å². The number of nitrogens with two attached hydrogens (primary N) is 1. The summed E-state index contributed by atoms with van der Waals surface area (Å²) in [6, 6.07) is 0.293. The summed E-state index contributed by atoms with van der Waals surface area (Å²) < 4.78 is 0. The van der Waals surface area contributed by atoms with Crippen LogP contribution in [-0.2, 0) is 0 Å². The first-order valence-electron chi connectivity index (χ1n) is 9.26. The third-order valence-electron chi connectivity index (χ3n) is 4.30. The number of allylic oxidation sites excluding steroid dienone is 7. The van der Waals surface area contributed by atoms with E-state index in [2.05, 4.69) is 86.9 Å². The van der Waals surface area contributed by atoms with Crippen molar-refractivity contribution in [3.05, 3.63) is 71.7 Å². The number of nitrogens with zero attached hydrogens (tertiary/aromatic N) is 1. The molecule has 1 unspecified atom stereocenters. The van der Waals surface area contributed by atoms with Crippen molar-refractivity contribution in [3.63, 3.8) is 0 Å². The van der Waals surface area contributed by atoms with E-state index >= 15 is 0 Å². The molecule has 25 heavy (non-hydrogen) atoms. The highest BCUT2D eigenvalue weighted by Crippen LogP contribution is 2.20. The monoisotopic (exact) mass is 338 g/mol. The molecule has 0 aromatic heterocycles. The largest absolute Gasteiger partial charge is 0.376 e. The maximum atomic E-state index is 4.97. The van der Waals surface area contributed by atoms with Crippen molar-refractivity contribution in [3.8, 4) is 0 Å². The first-order valence-corrected chi connectivity index (χ1v) is 9.26. The summed E-state index contributed by atoms with van der Waals surface area (Å²) >= 11 is 0. The lowest BCUT2D eigenvalue weighted by molar-refractivity contribution is -0.478. The minimum atomic E-state index is -0.138. The number of hydrogen-bond acceptors (Lipinski definition) is 2. The molecule has 2 aliphatic rings. The van der Waals surface area contributed by atoms with Crippen LogP contribution in [-0.4, -0.2) is 17.4 Å². The molecule has 0 amide bonds. The summed E-state index contributed by atoms with van der Waals surface area (Å²) in [5, 5.41) is 5.92. The molecule has 0 saturated carbocycles. The molecule has 1 aliphatic heterocycles. The van der Waals surface area contributed by atoms with E-state index in [-0.39, 0.29) is 5.54 Å². The van der Waals surface area contributed by atoms with Gasteiger partial charge in [-0.1, -0.05) is 55.5 Å². The van der Waals surface area contributed by atoms with E-state index in [0.29, 0.717) is 6.04 Å². The topological polar surface area (TPSA) is 41.0 Å². The fraction of sp³-hybridized carbons (Fsp3) is 0.409. The first kappa shape index (κ1) is 19.2. The third kappa shape index (κ3) is 5.17. The number of quaternary nitrogens is 1. The van der Waals surface area contributed by atoms with Gasteiger partial charge in [0.25, 0.3) is 0 Å². The second kappa shape index (κ2) is 8.82. The number of rotatable bonds is 7. The molecule has 1 heterocycles. The van der Waals surface area contributed by atoms with E-state index in [1.54, 1.807) is 0 Å². The summed E-state index contributed by atoms with van der Waals surface area (Å²) in [6.07, 6.45) is 21.3. The zero-order valence-corrected chi connectivity index (χ0v) is 16.2. The van der Waals surface area contributed by atoms with Gasteiger partial charge in [0.2, 0.25) is 5.84 Å². The van der Waals surface area contributed by atoms with Crippen LogP contribution in [0.3, 0.4) is 0 Å². The molecular weight excluding hydrogens is 306 g/mol. The third-order valence-corrected chi connectivity index (χ3v) is 4.30. The van der Waals surface area contributed by atoms with Crippen molar-refractivity contribution in [2.24, 2.45) is 4.99 Å². The highest BCUT2D eigenvalue weighted by atomic mass is 15.1. The lowest BCUT2D eigenvalue weighted by atomic mass is 10.0. The van der Waals surface area contributed by atoms with E-state index in [0.717, 1.165) is 24.4 Å². The minimum absolute atomic E-state index is 0.138. The lowest BCUT2D eigenvalue weighted by Gasteiger charge is -2.26. The molecule has 2 rings (SSSR count). The van der Waals surface area contributed by atoms with Gasteiger partial charge in [0.1, 0.15) is 11.7 Å². The van der Waals surface area contributed by atoms with Gasteiger partial charge in [0, 0.05) is 5.70 Å². The Morgan fingerprint density at radius 2 is 2.16 bits per heavy atom. The minimum Gasteiger partial charge on any atom is -0.376 e. The van der Waals surface area contributed by atoms with Gasteiger partial charge < -0.3 is 5.32 Å². The molecule has 1 aliphatic carbocycles. The maximum absolute atomic E-state index is 4.97. The predicted molar refractivity (Wildman–Crippen MR) is 108 cm³/mol. The van der Waals surface area contributed by atoms with E-state index in [1.165, 1.54) is 11.3 Å². The highest BCUT2D eigenvalue weighted by Gasteiger charge is 2.32. The summed E-state index contributed by atoms with van der Waals surface area (Å²) in [5.74, 6) is 1.09. The Morgan fingerprint density at radius 1 is 1.36 bits per heavy atom. The van der Waals surface area contributed by atoms with Gasteiger partial charge in [-0.15, -0.1) is 0 Å². The van der Waals surface area contributed by atoms with Crippen LogP contribution in [0.1, 0.15) is 47.5 Å². The smallest absolute Gasteiger partial charge is 0.234 e. The molecule has 3 nitrogen and oxygen atoms in total. The Morgan fingerprint density at radius 3 is 2.80 bits per heavy atom. The van der Waals surface area contributed by atoms with Crippen LogP contribution in [0, 0.1) is 0 Å². The molecular formula is C22H32N3+. The first-order chi connectivity index (χ1) is 12.0. The molecule has 0 spiro atoms. The van der Waals surface area contributed by atoms with Crippen LogP contribution in [0.15, 0.2) is 76.6 Å². The number of amidine groups is 1. The van der Waals surface area contributed by atoms with Crippen molar-refractivity contribution in [2.45, 2.75) is 59.0 Å². The van der Waals surface area contributed by atoms with Crippen molar-refractivity contribution >= 4 is 5.84 Å². The van der Waals surface area contributed by atoms with Gasteiger partial charge in [-0.05, 0) is 46.6 Å². The molecule has 3 N–H and O–H groups in total. The second-order valence-corrected chi connectivity index (χ2v) is 6.96. The van der Waals surface area contributed by atoms with Crippen LogP contribution in [0.25, 0.3) is 0 Å². The van der Waals surface area contributed by atoms with Crippen molar-refractivity contribution in [1.82, 2.24) is 5.32 Å². The molecule has 0 saturated heterocycles. The SMILES string of the molecule is C/C=C\C=C/C(C)(C)NC(=C/C)/C(=C\CC)C1=NC2CC=CC=C2[NH2+]1. The molecule has 0 fully saturated rings. The zero-order valence-electron chi connectivity index (χ0n) is 16.2. The fourth-order valence-electron chi connectivity index (χ4n) is 3.06.